The maximum atomic E-state index is 13.5. The number of anilines is 2. The second kappa shape index (κ2) is 9.73. The third-order valence-electron chi connectivity index (χ3n) is 8.98. The lowest BCUT2D eigenvalue weighted by Crippen LogP contribution is -2.46. The summed E-state index contributed by atoms with van der Waals surface area (Å²) in [4.78, 5) is 46.3. The Morgan fingerprint density at radius 3 is 2.64 bits per heavy atom. The molecule has 3 aromatic heterocycles. The molecule has 3 atom stereocenters. The van der Waals surface area contributed by atoms with Gasteiger partial charge in [0, 0.05) is 75.2 Å². The summed E-state index contributed by atoms with van der Waals surface area (Å²) < 4.78 is 8.37. The Kier molecular flexibility index (Phi) is 5.81. The zero-order chi connectivity index (χ0) is 28.4. The smallest absolute Gasteiger partial charge is 0.275 e. The fourth-order valence-electron chi connectivity index (χ4n) is 6.73. The van der Waals surface area contributed by atoms with Crippen LogP contribution in [-0.2, 0) is 6.54 Å². The summed E-state index contributed by atoms with van der Waals surface area (Å²) in [7, 11) is 0. The van der Waals surface area contributed by atoms with Crippen molar-refractivity contribution in [1.82, 2.24) is 29.6 Å². The number of nitrogens with one attached hydrogen (secondary N) is 2. The normalized spacial score (nSPS) is 22.2. The van der Waals surface area contributed by atoms with Gasteiger partial charge in [-0.15, -0.1) is 0 Å². The molecule has 42 heavy (non-hydrogen) atoms. The SMILES string of the molecule is C[C@@H]1CC2CN1CCn1[nH]c3c(cccc3c1=O)-c1nc3c(cc(N4CCN(c5ccccn5)CC4)cc3[nH]c1=O)O2. The topological polar surface area (TPSA) is 115 Å². The van der Waals surface area contributed by atoms with Crippen LogP contribution in [0.4, 0.5) is 11.5 Å². The fraction of sp³-hybridized carbons (Fsp3) is 0.355. The van der Waals surface area contributed by atoms with E-state index in [4.69, 9.17) is 9.72 Å². The fourth-order valence-corrected chi connectivity index (χ4v) is 6.73. The Morgan fingerprint density at radius 1 is 0.952 bits per heavy atom. The Morgan fingerprint density at radius 2 is 1.81 bits per heavy atom. The molecule has 2 aromatic carbocycles. The van der Waals surface area contributed by atoms with Gasteiger partial charge in [-0.3, -0.25) is 24.3 Å². The summed E-state index contributed by atoms with van der Waals surface area (Å²) in [6.07, 6.45) is 2.67. The number of benzene rings is 2. The zero-order valence-corrected chi connectivity index (χ0v) is 23.4. The lowest BCUT2D eigenvalue weighted by molar-refractivity contribution is 0.195. The molecule has 0 amide bonds. The van der Waals surface area contributed by atoms with Crippen LogP contribution in [0.15, 0.2) is 64.3 Å². The van der Waals surface area contributed by atoms with E-state index < -0.39 is 0 Å². The molecule has 11 nitrogen and oxygen atoms in total. The summed E-state index contributed by atoms with van der Waals surface area (Å²) in [5, 5.41) is 3.83. The summed E-state index contributed by atoms with van der Waals surface area (Å²) in [6, 6.07) is 15.8. The Hall–Kier alpha value is -4.64. The summed E-state index contributed by atoms with van der Waals surface area (Å²) in [5.41, 5.74) is 3.33. The zero-order valence-electron chi connectivity index (χ0n) is 23.4. The van der Waals surface area contributed by atoms with Crippen LogP contribution in [0.1, 0.15) is 13.3 Å². The lowest BCUT2D eigenvalue weighted by atomic mass is 10.1. The number of fused-ring (bicyclic) bond motifs is 5. The van der Waals surface area contributed by atoms with Crippen LogP contribution in [0.2, 0.25) is 0 Å². The number of hydrogen-bond acceptors (Lipinski definition) is 8. The van der Waals surface area contributed by atoms with Crippen LogP contribution in [0.25, 0.3) is 33.2 Å². The van der Waals surface area contributed by atoms with Crippen LogP contribution in [-0.4, -0.2) is 81.0 Å². The van der Waals surface area contributed by atoms with Crippen molar-refractivity contribution in [3.8, 4) is 17.0 Å². The molecule has 11 heteroatoms. The minimum Gasteiger partial charge on any atom is -0.487 e. The molecule has 6 heterocycles. The highest BCUT2D eigenvalue weighted by atomic mass is 16.5. The highest BCUT2D eigenvalue weighted by Gasteiger charge is 2.32. The van der Waals surface area contributed by atoms with Crippen LogP contribution >= 0.6 is 0 Å². The maximum absolute atomic E-state index is 13.5. The van der Waals surface area contributed by atoms with Gasteiger partial charge in [-0.1, -0.05) is 18.2 Å². The molecule has 214 valence electrons. The van der Waals surface area contributed by atoms with Crippen molar-refractivity contribution >= 4 is 33.4 Å². The second-order valence-corrected chi connectivity index (χ2v) is 11.5. The average molecular weight is 565 g/mol. The predicted molar refractivity (Wildman–Crippen MR) is 163 cm³/mol. The monoisotopic (exact) mass is 564 g/mol. The minimum atomic E-state index is -0.306. The highest BCUT2D eigenvalue weighted by Crippen LogP contribution is 2.34. The quantitative estimate of drug-likeness (QED) is 0.337. The molecule has 2 N–H and O–H groups in total. The van der Waals surface area contributed by atoms with Crippen molar-refractivity contribution in [2.24, 2.45) is 0 Å². The molecule has 2 fully saturated rings. The third-order valence-corrected chi connectivity index (χ3v) is 8.98. The van der Waals surface area contributed by atoms with Gasteiger partial charge >= 0.3 is 0 Å². The van der Waals surface area contributed by atoms with Crippen molar-refractivity contribution in [2.75, 3.05) is 49.1 Å². The largest absolute Gasteiger partial charge is 0.487 e. The van der Waals surface area contributed by atoms with Gasteiger partial charge in [0.1, 0.15) is 28.9 Å². The Labute approximate surface area is 241 Å². The number of H-pyrrole nitrogens is 2. The molecule has 0 spiro atoms. The van der Waals surface area contributed by atoms with Gasteiger partial charge in [-0.2, -0.15) is 0 Å². The highest BCUT2D eigenvalue weighted by molar-refractivity contribution is 5.94. The molecule has 5 aromatic rings. The first kappa shape index (κ1) is 25.1. The van der Waals surface area contributed by atoms with E-state index in [0.29, 0.717) is 45.8 Å². The standard InChI is InChI=1S/C31H32N8O3/c1-19-15-21-18-38(19)13-14-39-31(41)23-6-4-5-22(27(23)35-39)28-30(40)33-24-16-20(17-25(42-21)29(24)34-28)36-9-11-37(12-10-36)26-7-2-3-8-32-26/h2-8,16-17,19,21,35H,9-15,18H2,1H3,(H,33,40)/t19-,21?/m1/s1. The first-order valence-corrected chi connectivity index (χ1v) is 14.6. The van der Waals surface area contributed by atoms with Gasteiger partial charge < -0.3 is 19.5 Å². The molecule has 6 bridgehead atoms. The molecule has 3 aliphatic heterocycles. The number of nitrogens with zero attached hydrogens (tertiary/aromatic N) is 6. The van der Waals surface area contributed by atoms with Gasteiger partial charge in [0.25, 0.3) is 11.1 Å². The van der Waals surface area contributed by atoms with Gasteiger partial charge in [0.15, 0.2) is 0 Å². The van der Waals surface area contributed by atoms with Crippen LogP contribution in [0.3, 0.4) is 0 Å². The van der Waals surface area contributed by atoms with E-state index in [1.54, 1.807) is 16.8 Å². The minimum absolute atomic E-state index is 0.0292. The number of para-hydroxylation sites is 1. The van der Waals surface area contributed by atoms with Crippen molar-refractivity contribution in [2.45, 2.75) is 32.0 Å². The molecule has 2 saturated heterocycles. The maximum Gasteiger partial charge on any atom is 0.275 e. The van der Waals surface area contributed by atoms with Crippen molar-refractivity contribution in [3.63, 3.8) is 0 Å². The van der Waals surface area contributed by atoms with Gasteiger partial charge in [-0.05, 0) is 31.2 Å². The van der Waals surface area contributed by atoms with Gasteiger partial charge in [-0.25, -0.2) is 9.97 Å². The van der Waals surface area contributed by atoms with E-state index in [9.17, 15) is 9.59 Å². The summed E-state index contributed by atoms with van der Waals surface area (Å²) in [5.74, 6) is 1.65. The van der Waals surface area contributed by atoms with Crippen molar-refractivity contribution in [3.05, 3.63) is 75.4 Å². The number of hydrogen-bond donors (Lipinski definition) is 2. The average Bonchev–Trinajstić information content (AvgIpc) is 3.53. The first-order valence-electron chi connectivity index (χ1n) is 14.6. The van der Waals surface area contributed by atoms with E-state index in [1.165, 1.54) is 0 Å². The van der Waals surface area contributed by atoms with Gasteiger partial charge in [0.05, 0.1) is 23.0 Å². The molecule has 0 aliphatic carbocycles. The summed E-state index contributed by atoms with van der Waals surface area (Å²) in [6.45, 7) is 7.53. The molecule has 2 unspecified atom stereocenters. The second-order valence-electron chi connectivity index (χ2n) is 11.5. The lowest BCUT2D eigenvalue weighted by Gasteiger charge is -2.37. The number of rotatable bonds is 2. The number of ether oxygens (including phenoxy) is 1. The van der Waals surface area contributed by atoms with E-state index >= 15 is 0 Å². The van der Waals surface area contributed by atoms with Crippen LogP contribution in [0.5, 0.6) is 5.75 Å². The first-order chi connectivity index (χ1) is 20.5. The Bertz CT molecular complexity index is 1920. The number of aromatic nitrogens is 5. The number of aromatic amines is 2. The van der Waals surface area contributed by atoms with Crippen molar-refractivity contribution < 1.29 is 4.74 Å². The molecule has 8 rings (SSSR count). The van der Waals surface area contributed by atoms with Crippen molar-refractivity contribution in [1.29, 1.82) is 0 Å². The van der Waals surface area contributed by atoms with Gasteiger partial charge in [0.2, 0.25) is 0 Å². The van der Waals surface area contributed by atoms with Crippen LogP contribution in [0, 0.1) is 0 Å². The van der Waals surface area contributed by atoms with E-state index in [-0.39, 0.29) is 22.9 Å². The van der Waals surface area contributed by atoms with Crippen LogP contribution < -0.4 is 25.7 Å². The van der Waals surface area contributed by atoms with E-state index in [2.05, 4.69) is 42.8 Å². The van der Waals surface area contributed by atoms with E-state index in [1.807, 2.05) is 36.5 Å². The molecular weight excluding hydrogens is 532 g/mol. The predicted octanol–water partition coefficient (Wildman–Crippen LogP) is 2.81. The third kappa shape index (κ3) is 4.14. The molecular formula is C31H32N8O3. The molecule has 3 aliphatic rings. The summed E-state index contributed by atoms with van der Waals surface area (Å²) >= 11 is 0. The Balaban J connectivity index is 1.24. The number of pyridine rings is 1. The van der Waals surface area contributed by atoms with E-state index in [0.717, 1.165) is 57.2 Å². The number of piperazine rings is 1. The molecule has 0 saturated carbocycles. The molecule has 0 radical (unpaired) electrons.